The van der Waals surface area contributed by atoms with Crippen molar-refractivity contribution in [2.45, 2.75) is 20.3 Å². The molecule has 0 spiro atoms. The van der Waals surface area contributed by atoms with Crippen LogP contribution in [0.25, 0.3) is 0 Å². The predicted octanol–water partition coefficient (Wildman–Crippen LogP) is 2.56. The second kappa shape index (κ2) is 7.94. The molecule has 0 aliphatic heterocycles. The van der Waals surface area contributed by atoms with Gasteiger partial charge in [0.2, 0.25) is 0 Å². The molecule has 1 aromatic carbocycles. The Hall–Kier alpha value is -1.36. The quantitative estimate of drug-likeness (QED) is 0.797. The highest BCUT2D eigenvalue weighted by molar-refractivity contribution is 7.85. The molecule has 0 aromatic heterocycles. The minimum Gasteiger partial charge on any atom is -0.492 e. The van der Waals surface area contributed by atoms with Gasteiger partial charge in [-0.15, -0.1) is 0 Å². The summed E-state index contributed by atoms with van der Waals surface area (Å²) in [5.74, 6) is 0.845. The van der Waals surface area contributed by atoms with Gasteiger partial charge in [0.05, 0.1) is 12.4 Å². The molecule has 0 aliphatic carbocycles. The van der Waals surface area contributed by atoms with Crippen molar-refractivity contribution in [3.05, 3.63) is 29.8 Å². The van der Waals surface area contributed by atoms with Crippen LogP contribution in [0.5, 0.6) is 5.75 Å². The van der Waals surface area contributed by atoms with Crippen molar-refractivity contribution in [3.8, 4) is 5.75 Å². The number of aromatic carboxylic acids is 1. The number of carbonyl (C=O) groups is 1. The summed E-state index contributed by atoms with van der Waals surface area (Å²) in [7, 11) is -0.913. The van der Waals surface area contributed by atoms with Gasteiger partial charge in [-0.1, -0.05) is 32.4 Å². The van der Waals surface area contributed by atoms with E-state index in [9.17, 15) is 9.00 Å². The standard InChI is InChI=1S/C14H20O4S/c1-3-11(2)10-19(17)9-8-18-13-7-5-4-6-12(13)14(15)16/h4-7,11H,3,8-10H2,1-2H3,(H,15,16). The number of hydrogen-bond donors (Lipinski definition) is 1. The van der Waals surface area contributed by atoms with Crippen molar-refractivity contribution in [2.24, 2.45) is 5.92 Å². The van der Waals surface area contributed by atoms with E-state index in [0.29, 0.717) is 23.2 Å². The lowest BCUT2D eigenvalue weighted by Gasteiger charge is -2.10. The topological polar surface area (TPSA) is 63.6 Å². The lowest BCUT2D eigenvalue weighted by molar-refractivity contribution is 0.0692. The van der Waals surface area contributed by atoms with Gasteiger partial charge in [-0.05, 0) is 18.1 Å². The van der Waals surface area contributed by atoms with Gasteiger partial charge < -0.3 is 9.84 Å². The van der Waals surface area contributed by atoms with Crippen molar-refractivity contribution in [1.29, 1.82) is 0 Å². The van der Waals surface area contributed by atoms with Crippen molar-refractivity contribution in [2.75, 3.05) is 18.1 Å². The van der Waals surface area contributed by atoms with E-state index in [4.69, 9.17) is 9.84 Å². The van der Waals surface area contributed by atoms with Gasteiger partial charge in [0.15, 0.2) is 0 Å². The monoisotopic (exact) mass is 284 g/mol. The molecule has 0 saturated carbocycles. The van der Waals surface area contributed by atoms with Crippen molar-refractivity contribution in [3.63, 3.8) is 0 Å². The maximum absolute atomic E-state index is 11.7. The second-order valence-electron chi connectivity index (χ2n) is 4.47. The SMILES string of the molecule is CCC(C)CS(=O)CCOc1ccccc1C(=O)O. The molecule has 1 rings (SSSR count). The van der Waals surface area contributed by atoms with Gasteiger partial charge in [-0.3, -0.25) is 4.21 Å². The summed E-state index contributed by atoms with van der Waals surface area (Å²) in [6.07, 6.45) is 1.01. The first kappa shape index (κ1) is 15.7. The first-order valence-corrected chi connectivity index (χ1v) is 7.83. The smallest absolute Gasteiger partial charge is 0.339 e. The van der Waals surface area contributed by atoms with E-state index in [2.05, 4.69) is 13.8 Å². The molecule has 5 heteroatoms. The molecule has 0 aliphatic rings. The normalized spacial score (nSPS) is 13.8. The third kappa shape index (κ3) is 5.42. The first-order valence-electron chi connectivity index (χ1n) is 6.34. The molecule has 2 atom stereocenters. The zero-order valence-corrected chi connectivity index (χ0v) is 12.1. The van der Waals surface area contributed by atoms with Crippen LogP contribution >= 0.6 is 0 Å². The van der Waals surface area contributed by atoms with Gasteiger partial charge >= 0.3 is 5.97 Å². The van der Waals surface area contributed by atoms with Gasteiger partial charge in [0.1, 0.15) is 11.3 Å². The highest BCUT2D eigenvalue weighted by atomic mass is 32.2. The number of hydrogen-bond acceptors (Lipinski definition) is 3. The van der Waals surface area contributed by atoms with E-state index in [1.807, 2.05) is 0 Å². The molecule has 19 heavy (non-hydrogen) atoms. The molecule has 0 radical (unpaired) electrons. The van der Waals surface area contributed by atoms with Crippen LogP contribution in [0, 0.1) is 5.92 Å². The molecular formula is C14H20O4S. The molecule has 2 unspecified atom stereocenters. The summed E-state index contributed by atoms with van der Waals surface area (Å²) in [5.41, 5.74) is 0.134. The highest BCUT2D eigenvalue weighted by Crippen LogP contribution is 2.17. The molecule has 1 aromatic rings. The van der Waals surface area contributed by atoms with Crippen LogP contribution in [0.3, 0.4) is 0 Å². The van der Waals surface area contributed by atoms with Crippen molar-refractivity contribution >= 4 is 16.8 Å². The first-order chi connectivity index (χ1) is 9.04. The van der Waals surface area contributed by atoms with E-state index in [-0.39, 0.29) is 12.2 Å². The third-order valence-electron chi connectivity index (χ3n) is 2.85. The van der Waals surface area contributed by atoms with E-state index in [0.717, 1.165) is 6.42 Å². The molecule has 0 heterocycles. The molecule has 106 valence electrons. The third-order valence-corrected chi connectivity index (χ3v) is 4.42. The fourth-order valence-electron chi connectivity index (χ4n) is 1.53. The molecule has 0 fully saturated rings. The number of carboxylic acids is 1. The average molecular weight is 284 g/mol. The Kier molecular flexibility index (Phi) is 6.56. The summed E-state index contributed by atoms with van der Waals surface area (Å²) in [4.78, 5) is 11.0. The molecule has 4 nitrogen and oxygen atoms in total. The van der Waals surface area contributed by atoms with Crippen molar-refractivity contribution < 1.29 is 18.8 Å². The van der Waals surface area contributed by atoms with Crippen LogP contribution < -0.4 is 4.74 Å². The van der Waals surface area contributed by atoms with Crippen LogP contribution in [0.4, 0.5) is 0 Å². The summed E-state index contributed by atoms with van der Waals surface area (Å²) >= 11 is 0. The Morgan fingerprint density at radius 1 is 1.42 bits per heavy atom. The fraction of sp³-hybridized carbons (Fsp3) is 0.500. The minimum absolute atomic E-state index is 0.134. The number of rotatable bonds is 8. The Bertz CT molecular complexity index is 445. The van der Waals surface area contributed by atoms with Crippen LogP contribution in [-0.2, 0) is 10.8 Å². The van der Waals surface area contributed by atoms with E-state index < -0.39 is 16.8 Å². The number of carboxylic acid groups (broad SMARTS) is 1. The molecule has 0 bridgehead atoms. The van der Waals surface area contributed by atoms with E-state index in [1.165, 1.54) is 6.07 Å². The Morgan fingerprint density at radius 2 is 2.11 bits per heavy atom. The summed E-state index contributed by atoms with van der Waals surface area (Å²) in [5, 5.41) is 8.99. The number of benzene rings is 1. The number of ether oxygens (including phenoxy) is 1. The van der Waals surface area contributed by atoms with Crippen LogP contribution in [-0.4, -0.2) is 33.4 Å². The van der Waals surface area contributed by atoms with Gasteiger partial charge in [0.25, 0.3) is 0 Å². The minimum atomic E-state index is -1.02. The van der Waals surface area contributed by atoms with Gasteiger partial charge in [-0.25, -0.2) is 4.79 Å². The van der Waals surface area contributed by atoms with Crippen molar-refractivity contribution in [1.82, 2.24) is 0 Å². The molecule has 1 N–H and O–H groups in total. The number of para-hydroxylation sites is 1. The molecule has 0 amide bonds. The Balaban J connectivity index is 2.45. The van der Waals surface area contributed by atoms with Crippen LogP contribution in [0.15, 0.2) is 24.3 Å². The molecular weight excluding hydrogens is 264 g/mol. The molecule has 0 saturated heterocycles. The fourth-order valence-corrected chi connectivity index (χ4v) is 2.84. The summed E-state index contributed by atoms with van der Waals surface area (Å²) < 4.78 is 17.1. The van der Waals surface area contributed by atoms with E-state index >= 15 is 0 Å². The summed E-state index contributed by atoms with van der Waals surface area (Å²) in [6.45, 7) is 4.41. The van der Waals surface area contributed by atoms with Gasteiger partial charge in [0, 0.05) is 16.6 Å². The van der Waals surface area contributed by atoms with Crippen LogP contribution in [0.2, 0.25) is 0 Å². The Labute approximate surface area is 116 Å². The lowest BCUT2D eigenvalue weighted by atomic mass is 10.2. The second-order valence-corrected chi connectivity index (χ2v) is 6.10. The van der Waals surface area contributed by atoms with E-state index in [1.54, 1.807) is 18.2 Å². The Morgan fingerprint density at radius 3 is 2.74 bits per heavy atom. The zero-order chi connectivity index (χ0) is 14.3. The van der Waals surface area contributed by atoms with Gasteiger partial charge in [-0.2, -0.15) is 0 Å². The predicted molar refractivity (Wildman–Crippen MR) is 76.2 cm³/mol. The highest BCUT2D eigenvalue weighted by Gasteiger charge is 2.11. The maximum atomic E-state index is 11.7. The van der Waals surface area contributed by atoms with Crippen LogP contribution in [0.1, 0.15) is 30.6 Å². The summed E-state index contributed by atoms with van der Waals surface area (Å²) in [6, 6.07) is 6.48. The average Bonchev–Trinajstić information content (AvgIpc) is 2.38. The lowest BCUT2D eigenvalue weighted by Crippen LogP contribution is -2.15. The largest absolute Gasteiger partial charge is 0.492 e. The maximum Gasteiger partial charge on any atom is 0.339 e. The zero-order valence-electron chi connectivity index (χ0n) is 11.3.